The number of aliphatic hydroxyl groups excluding tert-OH is 1. The van der Waals surface area contributed by atoms with Gasteiger partial charge in [0.25, 0.3) is 0 Å². The van der Waals surface area contributed by atoms with Crippen molar-refractivity contribution in [2.75, 3.05) is 13.3 Å². The smallest absolute Gasteiger partial charge is 0.0926 e. The van der Waals surface area contributed by atoms with Crippen LogP contribution in [0.3, 0.4) is 0 Å². The van der Waals surface area contributed by atoms with Gasteiger partial charge >= 0.3 is 0 Å². The van der Waals surface area contributed by atoms with Crippen molar-refractivity contribution in [2.45, 2.75) is 19.3 Å². The van der Waals surface area contributed by atoms with Gasteiger partial charge in [-0.15, -0.1) is 0 Å². The molecule has 2 heteroatoms. The van der Waals surface area contributed by atoms with Crippen molar-refractivity contribution in [3.05, 3.63) is 0 Å². The summed E-state index contributed by atoms with van der Waals surface area (Å²) in [6, 6.07) is 0. The zero-order valence-corrected chi connectivity index (χ0v) is 5.52. The van der Waals surface area contributed by atoms with Crippen LogP contribution >= 0.6 is 0 Å². The van der Waals surface area contributed by atoms with Crippen LogP contribution in [0.1, 0.15) is 19.3 Å². The van der Waals surface area contributed by atoms with Crippen molar-refractivity contribution in [1.29, 1.82) is 0 Å². The Morgan fingerprint density at radius 2 is 2.00 bits per heavy atom. The Morgan fingerprint density at radius 1 is 1.33 bits per heavy atom. The molecule has 0 amide bonds. The summed E-state index contributed by atoms with van der Waals surface area (Å²) in [6.45, 7) is -0.0696. The van der Waals surface area contributed by atoms with E-state index in [0.717, 1.165) is 19.3 Å². The second kappa shape index (κ2) is 3.16. The Hall–Kier alpha value is -0.110. The van der Waals surface area contributed by atoms with E-state index in [1.54, 1.807) is 0 Å². The van der Waals surface area contributed by atoms with E-state index in [-0.39, 0.29) is 25.1 Å². The standard InChI is InChI=1S/C7H13FO/c8-4-6-2-1-3-7(6)5-9/h6-7,9H,1-5H2. The van der Waals surface area contributed by atoms with Crippen LogP contribution in [0.2, 0.25) is 0 Å². The first-order chi connectivity index (χ1) is 4.38. The van der Waals surface area contributed by atoms with E-state index >= 15 is 0 Å². The third kappa shape index (κ3) is 1.42. The highest BCUT2D eigenvalue weighted by atomic mass is 19.1. The normalized spacial score (nSPS) is 35.3. The largest absolute Gasteiger partial charge is 0.396 e. The lowest BCUT2D eigenvalue weighted by molar-refractivity contribution is 0.176. The van der Waals surface area contributed by atoms with Crippen LogP contribution in [0.15, 0.2) is 0 Å². The molecule has 1 aliphatic carbocycles. The van der Waals surface area contributed by atoms with Gasteiger partial charge in [0, 0.05) is 6.61 Å². The van der Waals surface area contributed by atoms with Crippen LogP contribution in [0.25, 0.3) is 0 Å². The Labute approximate surface area is 54.9 Å². The van der Waals surface area contributed by atoms with E-state index in [4.69, 9.17) is 5.11 Å². The van der Waals surface area contributed by atoms with Crippen LogP contribution < -0.4 is 0 Å². The maximum Gasteiger partial charge on any atom is 0.0926 e. The maximum absolute atomic E-state index is 12.0. The molecule has 1 rings (SSSR count). The van der Waals surface area contributed by atoms with E-state index in [1.807, 2.05) is 0 Å². The molecule has 2 unspecified atom stereocenters. The predicted octanol–water partition coefficient (Wildman–Crippen LogP) is 1.36. The molecular weight excluding hydrogens is 119 g/mol. The first-order valence-corrected chi connectivity index (χ1v) is 3.55. The summed E-state index contributed by atoms with van der Waals surface area (Å²) in [6.07, 6.45) is 3.09. The molecule has 0 spiro atoms. The molecule has 2 atom stereocenters. The van der Waals surface area contributed by atoms with Gasteiger partial charge in [-0.3, -0.25) is 4.39 Å². The van der Waals surface area contributed by atoms with Crippen molar-refractivity contribution in [1.82, 2.24) is 0 Å². The minimum atomic E-state index is -0.245. The Bertz CT molecular complexity index is 75.0. The van der Waals surface area contributed by atoms with Crippen molar-refractivity contribution in [3.8, 4) is 0 Å². The van der Waals surface area contributed by atoms with Gasteiger partial charge in [-0.05, 0) is 24.7 Å². The number of halogens is 1. The van der Waals surface area contributed by atoms with Gasteiger partial charge in [0.1, 0.15) is 0 Å². The monoisotopic (exact) mass is 132 g/mol. The zero-order valence-electron chi connectivity index (χ0n) is 5.52. The van der Waals surface area contributed by atoms with Gasteiger partial charge in [-0.2, -0.15) is 0 Å². The molecule has 1 N–H and O–H groups in total. The van der Waals surface area contributed by atoms with E-state index in [9.17, 15) is 4.39 Å². The van der Waals surface area contributed by atoms with Crippen molar-refractivity contribution in [3.63, 3.8) is 0 Å². The summed E-state index contributed by atoms with van der Waals surface area (Å²) in [7, 11) is 0. The molecule has 0 aromatic heterocycles. The summed E-state index contributed by atoms with van der Waals surface area (Å²) in [4.78, 5) is 0. The Balaban J connectivity index is 2.32. The van der Waals surface area contributed by atoms with Gasteiger partial charge < -0.3 is 5.11 Å². The summed E-state index contributed by atoms with van der Waals surface area (Å²) in [5.74, 6) is 0.421. The molecule has 54 valence electrons. The SMILES string of the molecule is OCC1CCCC1CF. The van der Waals surface area contributed by atoms with Gasteiger partial charge in [0.15, 0.2) is 0 Å². The first kappa shape index (κ1) is 7.00. The molecule has 1 nitrogen and oxygen atoms in total. The second-order valence-corrected chi connectivity index (χ2v) is 2.79. The fourth-order valence-electron chi connectivity index (χ4n) is 1.56. The minimum absolute atomic E-state index is 0.162. The van der Waals surface area contributed by atoms with Crippen LogP contribution in [0.4, 0.5) is 4.39 Å². The molecule has 1 aliphatic rings. The number of aliphatic hydroxyl groups is 1. The first-order valence-electron chi connectivity index (χ1n) is 3.55. The molecule has 9 heavy (non-hydrogen) atoms. The van der Waals surface area contributed by atoms with E-state index in [0.29, 0.717) is 0 Å². The average molecular weight is 132 g/mol. The van der Waals surface area contributed by atoms with E-state index in [1.165, 1.54) is 0 Å². The molecule has 0 radical (unpaired) electrons. The van der Waals surface area contributed by atoms with Crippen LogP contribution in [0, 0.1) is 11.8 Å². The number of hydrogen-bond donors (Lipinski definition) is 1. The quantitative estimate of drug-likeness (QED) is 0.601. The molecule has 0 heterocycles. The molecule has 0 aliphatic heterocycles. The van der Waals surface area contributed by atoms with Crippen LogP contribution in [0.5, 0.6) is 0 Å². The maximum atomic E-state index is 12.0. The lowest BCUT2D eigenvalue weighted by atomic mass is 9.99. The van der Waals surface area contributed by atoms with Crippen molar-refractivity contribution in [2.24, 2.45) is 11.8 Å². The van der Waals surface area contributed by atoms with Gasteiger partial charge in [-0.25, -0.2) is 0 Å². The predicted molar refractivity (Wildman–Crippen MR) is 33.9 cm³/mol. The summed E-state index contributed by atoms with van der Waals surface area (Å²) >= 11 is 0. The highest BCUT2D eigenvalue weighted by molar-refractivity contribution is 4.75. The molecular formula is C7H13FO. The van der Waals surface area contributed by atoms with E-state index < -0.39 is 0 Å². The minimum Gasteiger partial charge on any atom is -0.396 e. The number of rotatable bonds is 2. The Kier molecular flexibility index (Phi) is 2.46. The van der Waals surface area contributed by atoms with Crippen molar-refractivity contribution >= 4 is 0 Å². The highest BCUT2D eigenvalue weighted by Gasteiger charge is 2.25. The van der Waals surface area contributed by atoms with E-state index in [2.05, 4.69) is 0 Å². The fourth-order valence-corrected chi connectivity index (χ4v) is 1.56. The number of hydrogen-bond acceptors (Lipinski definition) is 1. The molecule has 0 aromatic rings. The molecule has 1 saturated carbocycles. The van der Waals surface area contributed by atoms with Gasteiger partial charge in [0.2, 0.25) is 0 Å². The molecule has 0 saturated heterocycles. The third-order valence-corrected chi connectivity index (χ3v) is 2.25. The second-order valence-electron chi connectivity index (χ2n) is 2.79. The fraction of sp³-hybridized carbons (Fsp3) is 1.00. The van der Waals surface area contributed by atoms with Crippen LogP contribution in [-0.4, -0.2) is 18.4 Å². The molecule has 0 aromatic carbocycles. The summed E-state index contributed by atoms with van der Waals surface area (Å²) in [5, 5.41) is 8.70. The molecule has 0 bridgehead atoms. The van der Waals surface area contributed by atoms with Gasteiger partial charge in [-0.1, -0.05) is 6.42 Å². The average Bonchev–Trinajstić information content (AvgIpc) is 2.33. The molecule has 1 fully saturated rings. The van der Waals surface area contributed by atoms with Gasteiger partial charge in [0.05, 0.1) is 6.67 Å². The zero-order chi connectivity index (χ0) is 6.69. The topological polar surface area (TPSA) is 20.2 Å². The lowest BCUT2D eigenvalue weighted by Crippen LogP contribution is -2.13. The lowest BCUT2D eigenvalue weighted by Gasteiger charge is -2.11. The summed E-state index contributed by atoms with van der Waals surface area (Å²) in [5.41, 5.74) is 0. The number of alkyl halides is 1. The highest BCUT2D eigenvalue weighted by Crippen LogP contribution is 2.31. The Morgan fingerprint density at radius 3 is 2.44 bits per heavy atom. The van der Waals surface area contributed by atoms with Crippen LogP contribution in [-0.2, 0) is 0 Å². The summed E-state index contributed by atoms with van der Waals surface area (Å²) < 4.78 is 12.0. The van der Waals surface area contributed by atoms with Crippen molar-refractivity contribution < 1.29 is 9.50 Å². The third-order valence-electron chi connectivity index (χ3n) is 2.25.